The van der Waals surface area contributed by atoms with Gasteiger partial charge < -0.3 is 4.90 Å². The van der Waals surface area contributed by atoms with E-state index in [2.05, 4.69) is 37.0 Å². The van der Waals surface area contributed by atoms with Crippen molar-refractivity contribution in [2.24, 2.45) is 0 Å². The molecule has 1 aliphatic rings. The Hall–Kier alpha value is -1.68. The maximum atomic E-state index is 12.4. The van der Waals surface area contributed by atoms with Gasteiger partial charge in [0.2, 0.25) is 0 Å². The fourth-order valence-corrected chi connectivity index (χ4v) is 3.36. The third-order valence-corrected chi connectivity index (χ3v) is 4.45. The van der Waals surface area contributed by atoms with E-state index >= 15 is 0 Å². The molecule has 4 heteroatoms. The van der Waals surface area contributed by atoms with E-state index < -0.39 is 0 Å². The van der Waals surface area contributed by atoms with Gasteiger partial charge in [0.25, 0.3) is 5.91 Å². The SMILES string of the molecule is CC(C)c1cccc2c1CCN(C(=O)c1cscn1)C2. The van der Waals surface area contributed by atoms with Crippen molar-refractivity contribution in [3.8, 4) is 0 Å². The second-order valence-corrected chi connectivity index (χ2v) is 6.21. The first-order valence-corrected chi connectivity index (χ1v) is 7.89. The van der Waals surface area contributed by atoms with Gasteiger partial charge in [0.1, 0.15) is 5.69 Å². The molecule has 1 aromatic carbocycles. The number of carbonyl (C=O) groups is 1. The van der Waals surface area contributed by atoms with E-state index in [4.69, 9.17) is 0 Å². The summed E-state index contributed by atoms with van der Waals surface area (Å²) in [5.41, 5.74) is 6.42. The Kier molecular flexibility index (Phi) is 3.57. The quantitative estimate of drug-likeness (QED) is 0.847. The third kappa shape index (κ3) is 2.36. The van der Waals surface area contributed by atoms with E-state index in [1.165, 1.54) is 28.0 Å². The van der Waals surface area contributed by atoms with Crippen LogP contribution in [0.2, 0.25) is 0 Å². The van der Waals surface area contributed by atoms with E-state index in [1.807, 2.05) is 10.3 Å². The summed E-state index contributed by atoms with van der Waals surface area (Å²) in [5, 5.41) is 1.82. The molecule has 3 rings (SSSR count). The van der Waals surface area contributed by atoms with Gasteiger partial charge in [0.15, 0.2) is 0 Å². The van der Waals surface area contributed by atoms with Gasteiger partial charge in [0.05, 0.1) is 5.51 Å². The summed E-state index contributed by atoms with van der Waals surface area (Å²) in [7, 11) is 0. The lowest BCUT2D eigenvalue weighted by Crippen LogP contribution is -2.36. The molecule has 0 saturated carbocycles. The van der Waals surface area contributed by atoms with Crippen molar-refractivity contribution in [1.82, 2.24) is 9.88 Å². The lowest BCUT2D eigenvalue weighted by atomic mass is 9.89. The van der Waals surface area contributed by atoms with Crippen molar-refractivity contribution < 1.29 is 4.79 Å². The highest BCUT2D eigenvalue weighted by Crippen LogP contribution is 2.28. The van der Waals surface area contributed by atoms with Gasteiger partial charge in [-0.15, -0.1) is 11.3 Å². The van der Waals surface area contributed by atoms with Gasteiger partial charge in [0, 0.05) is 18.5 Å². The number of rotatable bonds is 2. The molecule has 0 fully saturated rings. The summed E-state index contributed by atoms with van der Waals surface area (Å²) in [4.78, 5) is 18.4. The number of fused-ring (bicyclic) bond motifs is 1. The standard InChI is InChI=1S/C16H18N2OS/c1-11(2)13-5-3-4-12-8-18(7-6-14(12)13)16(19)15-9-20-10-17-15/h3-5,9-11H,6-8H2,1-2H3. The highest BCUT2D eigenvalue weighted by molar-refractivity contribution is 7.07. The van der Waals surface area contributed by atoms with Crippen LogP contribution in [0.1, 0.15) is 46.9 Å². The lowest BCUT2D eigenvalue weighted by Gasteiger charge is -2.30. The van der Waals surface area contributed by atoms with Crippen LogP contribution in [0.5, 0.6) is 0 Å². The molecular formula is C16H18N2OS. The molecule has 0 bridgehead atoms. The zero-order valence-electron chi connectivity index (χ0n) is 11.8. The summed E-state index contributed by atoms with van der Waals surface area (Å²) in [6.45, 7) is 5.93. The van der Waals surface area contributed by atoms with E-state index in [1.54, 1.807) is 5.51 Å². The topological polar surface area (TPSA) is 33.2 Å². The Balaban J connectivity index is 1.86. The molecule has 1 aromatic heterocycles. The molecule has 20 heavy (non-hydrogen) atoms. The molecule has 104 valence electrons. The maximum Gasteiger partial charge on any atom is 0.273 e. The van der Waals surface area contributed by atoms with Crippen molar-refractivity contribution in [3.05, 3.63) is 51.5 Å². The summed E-state index contributed by atoms with van der Waals surface area (Å²) in [6, 6.07) is 6.45. The number of benzene rings is 1. The van der Waals surface area contributed by atoms with Gasteiger partial charge in [-0.3, -0.25) is 4.79 Å². The van der Waals surface area contributed by atoms with Crippen LogP contribution in [0.15, 0.2) is 29.1 Å². The Morgan fingerprint density at radius 3 is 2.95 bits per heavy atom. The number of hydrogen-bond donors (Lipinski definition) is 0. The van der Waals surface area contributed by atoms with Crippen LogP contribution in [0.3, 0.4) is 0 Å². The van der Waals surface area contributed by atoms with Gasteiger partial charge in [-0.1, -0.05) is 32.0 Å². The minimum absolute atomic E-state index is 0.0480. The second kappa shape index (κ2) is 5.37. The van der Waals surface area contributed by atoms with E-state index in [0.29, 0.717) is 18.2 Å². The van der Waals surface area contributed by atoms with Crippen molar-refractivity contribution >= 4 is 17.2 Å². The van der Waals surface area contributed by atoms with Gasteiger partial charge in [-0.05, 0) is 29.0 Å². The van der Waals surface area contributed by atoms with Crippen molar-refractivity contribution in [3.63, 3.8) is 0 Å². The molecule has 0 unspecified atom stereocenters. The molecule has 3 nitrogen and oxygen atoms in total. The van der Waals surface area contributed by atoms with Crippen LogP contribution in [-0.2, 0) is 13.0 Å². The molecule has 0 atom stereocenters. The first-order valence-electron chi connectivity index (χ1n) is 6.95. The zero-order chi connectivity index (χ0) is 14.1. The first-order chi connectivity index (χ1) is 9.66. The molecule has 0 radical (unpaired) electrons. The van der Waals surface area contributed by atoms with Crippen LogP contribution in [0, 0.1) is 0 Å². The molecule has 1 amide bonds. The van der Waals surface area contributed by atoms with Crippen molar-refractivity contribution in [1.29, 1.82) is 0 Å². The predicted octanol–water partition coefficient (Wildman–Crippen LogP) is 3.47. The van der Waals surface area contributed by atoms with Crippen LogP contribution in [0.25, 0.3) is 0 Å². The summed E-state index contributed by atoms with van der Waals surface area (Å²) < 4.78 is 0. The maximum absolute atomic E-state index is 12.4. The highest BCUT2D eigenvalue weighted by atomic mass is 32.1. The van der Waals surface area contributed by atoms with Crippen LogP contribution < -0.4 is 0 Å². The Labute approximate surface area is 123 Å². The minimum atomic E-state index is 0.0480. The van der Waals surface area contributed by atoms with Crippen LogP contribution in [0.4, 0.5) is 0 Å². The number of carbonyl (C=O) groups excluding carboxylic acids is 1. The predicted molar refractivity (Wildman–Crippen MR) is 81.1 cm³/mol. The number of aromatic nitrogens is 1. The van der Waals surface area contributed by atoms with E-state index in [0.717, 1.165) is 13.0 Å². The van der Waals surface area contributed by atoms with Gasteiger partial charge in [-0.2, -0.15) is 0 Å². The molecule has 0 N–H and O–H groups in total. The van der Waals surface area contributed by atoms with Crippen LogP contribution in [-0.4, -0.2) is 22.3 Å². The molecule has 0 spiro atoms. The lowest BCUT2D eigenvalue weighted by molar-refractivity contribution is 0.0729. The second-order valence-electron chi connectivity index (χ2n) is 5.49. The third-order valence-electron chi connectivity index (χ3n) is 3.86. The number of hydrogen-bond acceptors (Lipinski definition) is 3. The fraction of sp³-hybridized carbons (Fsp3) is 0.375. The Bertz CT molecular complexity index is 619. The van der Waals surface area contributed by atoms with Gasteiger partial charge >= 0.3 is 0 Å². The number of thiazole rings is 1. The monoisotopic (exact) mass is 286 g/mol. The summed E-state index contributed by atoms with van der Waals surface area (Å²) in [6.07, 6.45) is 0.944. The normalized spacial score (nSPS) is 14.4. The van der Waals surface area contributed by atoms with Gasteiger partial charge in [-0.25, -0.2) is 4.98 Å². The zero-order valence-corrected chi connectivity index (χ0v) is 12.6. The fourth-order valence-electron chi connectivity index (χ4n) is 2.83. The average Bonchev–Trinajstić information content (AvgIpc) is 2.99. The smallest absolute Gasteiger partial charge is 0.273 e. The summed E-state index contributed by atoms with van der Waals surface area (Å²) >= 11 is 1.47. The average molecular weight is 286 g/mol. The minimum Gasteiger partial charge on any atom is -0.333 e. The van der Waals surface area contributed by atoms with Crippen molar-refractivity contribution in [2.75, 3.05) is 6.54 Å². The highest BCUT2D eigenvalue weighted by Gasteiger charge is 2.24. The number of nitrogens with zero attached hydrogens (tertiary/aromatic N) is 2. The molecule has 1 aliphatic heterocycles. The molecular weight excluding hydrogens is 268 g/mol. The van der Waals surface area contributed by atoms with E-state index in [-0.39, 0.29) is 5.91 Å². The Morgan fingerprint density at radius 1 is 1.40 bits per heavy atom. The molecule has 2 aromatic rings. The van der Waals surface area contributed by atoms with Crippen LogP contribution >= 0.6 is 11.3 Å². The summed E-state index contributed by atoms with van der Waals surface area (Å²) in [5.74, 6) is 0.581. The number of amides is 1. The van der Waals surface area contributed by atoms with E-state index in [9.17, 15) is 4.79 Å². The molecule has 0 aliphatic carbocycles. The molecule has 0 saturated heterocycles. The first kappa shape index (κ1) is 13.3. The Morgan fingerprint density at radius 2 is 2.25 bits per heavy atom. The molecule has 2 heterocycles. The van der Waals surface area contributed by atoms with Crippen molar-refractivity contribution in [2.45, 2.75) is 32.7 Å². The largest absolute Gasteiger partial charge is 0.333 e.